The smallest absolute Gasteiger partial charge is 0.137 e. The van der Waals surface area contributed by atoms with Gasteiger partial charge in [0.15, 0.2) is 0 Å². The van der Waals surface area contributed by atoms with Crippen LogP contribution in [0.2, 0.25) is 0 Å². The van der Waals surface area contributed by atoms with Gasteiger partial charge in [-0.1, -0.05) is 44.0 Å². The number of hydrogen-bond acceptors (Lipinski definition) is 0. The Morgan fingerprint density at radius 2 is 1.61 bits per heavy atom. The van der Waals surface area contributed by atoms with Gasteiger partial charge in [0, 0.05) is 10.0 Å². The average molecular weight is 441 g/mol. The van der Waals surface area contributed by atoms with E-state index in [2.05, 4.69) is 47.8 Å². The van der Waals surface area contributed by atoms with E-state index in [0.717, 1.165) is 5.56 Å². The molecule has 0 saturated heterocycles. The van der Waals surface area contributed by atoms with Crippen molar-refractivity contribution in [2.24, 2.45) is 0 Å². The maximum absolute atomic E-state index is 13.8. The second-order valence-electron chi connectivity index (χ2n) is 3.70. The molecule has 5 heteroatoms. The third kappa shape index (κ3) is 3.00. The van der Waals surface area contributed by atoms with Crippen LogP contribution in [0.15, 0.2) is 45.3 Å². The summed E-state index contributed by atoms with van der Waals surface area (Å²) in [6.45, 7) is 0. The molecule has 2 aromatic carbocycles. The van der Waals surface area contributed by atoms with Gasteiger partial charge in [-0.2, -0.15) is 0 Å². The summed E-state index contributed by atoms with van der Waals surface area (Å²) in [5, 5.41) is 0. The van der Waals surface area contributed by atoms with Crippen molar-refractivity contribution in [1.29, 1.82) is 0 Å². The van der Waals surface area contributed by atoms with E-state index in [4.69, 9.17) is 0 Å². The molecule has 0 radical (unpaired) electrons. The van der Waals surface area contributed by atoms with Gasteiger partial charge in [0.2, 0.25) is 0 Å². The number of alkyl halides is 1. The topological polar surface area (TPSA) is 0 Å². The minimum Gasteiger partial charge on any atom is -0.207 e. The molecule has 0 aliphatic rings. The predicted molar refractivity (Wildman–Crippen MR) is 79.0 cm³/mol. The van der Waals surface area contributed by atoms with Crippen molar-refractivity contribution in [2.45, 2.75) is 4.83 Å². The third-order valence-corrected chi connectivity index (χ3v) is 4.59. The van der Waals surface area contributed by atoms with Gasteiger partial charge in [-0.15, -0.1) is 0 Å². The summed E-state index contributed by atoms with van der Waals surface area (Å²) < 4.78 is 28.0. The molecule has 0 aromatic heterocycles. The Kier molecular flexibility index (Phi) is 4.56. The lowest BCUT2D eigenvalue weighted by Crippen LogP contribution is -1.97. The Balaban J connectivity index is 2.41. The Hall–Kier alpha value is -0.260. The SMILES string of the molecule is Fc1ccc(C(Br)c2ccc(Br)cc2F)cc1Br. The van der Waals surface area contributed by atoms with Crippen LogP contribution < -0.4 is 0 Å². The maximum Gasteiger partial charge on any atom is 0.137 e. The molecule has 1 atom stereocenters. The highest BCUT2D eigenvalue weighted by Gasteiger charge is 2.16. The van der Waals surface area contributed by atoms with E-state index < -0.39 is 0 Å². The zero-order valence-corrected chi connectivity index (χ0v) is 13.7. The number of benzene rings is 2. The van der Waals surface area contributed by atoms with Crippen molar-refractivity contribution in [3.8, 4) is 0 Å². The van der Waals surface area contributed by atoms with Gasteiger partial charge in [-0.05, 0) is 45.8 Å². The molecule has 0 aliphatic carbocycles. The van der Waals surface area contributed by atoms with E-state index in [1.54, 1.807) is 24.3 Å². The van der Waals surface area contributed by atoms with Crippen LogP contribution in [0.4, 0.5) is 8.78 Å². The molecule has 0 fully saturated rings. The lowest BCUT2D eigenvalue weighted by atomic mass is 10.0. The molecule has 2 rings (SSSR count). The highest BCUT2D eigenvalue weighted by Crippen LogP contribution is 2.35. The highest BCUT2D eigenvalue weighted by molar-refractivity contribution is 9.10. The molecular weight excluding hydrogens is 434 g/mol. The zero-order chi connectivity index (χ0) is 13.3. The van der Waals surface area contributed by atoms with Crippen LogP contribution in [-0.4, -0.2) is 0 Å². The Morgan fingerprint density at radius 3 is 2.22 bits per heavy atom. The van der Waals surface area contributed by atoms with E-state index in [-0.39, 0.29) is 16.5 Å². The zero-order valence-electron chi connectivity index (χ0n) is 8.93. The van der Waals surface area contributed by atoms with Crippen molar-refractivity contribution >= 4 is 47.8 Å². The molecule has 0 amide bonds. The van der Waals surface area contributed by atoms with Crippen LogP contribution in [0.1, 0.15) is 16.0 Å². The summed E-state index contributed by atoms with van der Waals surface area (Å²) >= 11 is 9.76. The fourth-order valence-corrected chi connectivity index (χ4v) is 2.94. The molecule has 18 heavy (non-hydrogen) atoms. The molecule has 0 spiro atoms. The van der Waals surface area contributed by atoms with E-state index in [0.29, 0.717) is 14.5 Å². The van der Waals surface area contributed by atoms with Crippen molar-refractivity contribution in [2.75, 3.05) is 0 Å². The molecule has 0 saturated carbocycles. The fourth-order valence-electron chi connectivity index (χ4n) is 1.56. The monoisotopic (exact) mass is 438 g/mol. The largest absolute Gasteiger partial charge is 0.207 e. The fraction of sp³-hybridized carbons (Fsp3) is 0.0769. The molecule has 1 unspecified atom stereocenters. The molecule has 2 aromatic rings. The normalized spacial score (nSPS) is 12.5. The van der Waals surface area contributed by atoms with Gasteiger partial charge in [0.25, 0.3) is 0 Å². The van der Waals surface area contributed by atoms with Gasteiger partial charge in [-0.25, -0.2) is 8.78 Å². The average Bonchev–Trinajstić information content (AvgIpc) is 2.32. The lowest BCUT2D eigenvalue weighted by Gasteiger charge is -2.12. The minimum atomic E-state index is -0.338. The van der Waals surface area contributed by atoms with Crippen LogP contribution in [0.25, 0.3) is 0 Å². The Labute approximate surface area is 129 Å². The van der Waals surface area contributed by atoms with Crippen molar-refractivity contribution < 1.29 is 8.78 Å². The van der Waals surface area contributed by atoms with Crippen LogP contribution in [-0.2, 0) is 0 Å². The number of hydrogen-bond donors (Lipinski definition) is 0. The van der Waals surface area contributed by atoms with Crippen molar-refractivity contribution in [3.63, 3.8) is 0 Å². The molecule has 0 bridgehead atoms. The number of halogens is 5. The second-order valence-corrected chi connectivity index (χ2v) is 6.39. The first-order valence-corrected chi connectivity index (χ1v) is 7.53. The summed E-state index contributed by atoms with van der Waals surface area (Å²) in [6, 6.07) is 9.48. The van der Waals surface area contributed by atoms with Gasteiger partial charge in [-0.3, -0.25) is 0 Å². The summed E-state index contributed by atoms with van der Waals surface area (Å²) in [7, 11) is 0. The summed E-state index contributed by atoms with van der Waals surface area (Å²) in [5.74, 6) is -0.651. The Morgan fingerprint density at radius 1 is 0.889 bits per heavy atom. The Bertz CT molecular complexity index is 584. The van der Waals surface area contributed by atoms with Crippen molar-refractivity contribution in [3.05, 3.63) is 68.1 Å². The molecule has 0 aliphatic heterocycles. The molecule has 0 heterocycles. The summed E-state index contributed by atoms with van der Waals surface area (Å²) in [5.41, 5.74) is 1.29. The lowest BCUT2D eigenvalue weighted by molar-refractivity contribution is 0.611. The standard InChI is InChI=1S/C13H7Br3F2/c14-8-2-3-9(12(18)6-8)13(16)7-1-4-11(17)10(15)5-7/h1-6,13H. The number of rotatable bonds is 2. The van der Waals surface area contributed by atoms with Gasteiger partial charge >= 0.3 is 0 Å². The highest BCUT2D eigenvalue weighted by atomic mass is 79.9. The minimum absolute atomic E-state index is 0.313. The van der Waals surface area contributed by atoms with Crippen LogP contribution in [0.5, 0.6) is 0 Å². The third-order valence-electron chi connectivity index (χ3n) is 2.47. The summed E-state index contributed by atoms with van der Waals surface area (Å²) in [4.78, 5) is -0.317. The van der Waals surface area contributed by atoms with Gasteiger partial charge in [0.1, 0.15) is 11.6 Å². The van der Waals surface area contributed by atoms with Crippen LogP contribution >= 0.6 is 47.8 Å². The molecule has 0 N–H and O–H groups in total. The second kappa shape index (κ2) is 5.80. The first kappa shape index (κ1) is 14.2. The van der Waals surface area contributed by atoms with Crippen LogP contribution in [0.3, 0.4) is 0 Å². The molecular formula is C13H7Br3F2. The van der Waals surface area contributed by atoms with Crippen LogP contribution in [0, 0.1) is 11.6 Å². The maximum atomic E-state index is 13.8. The first-order valence-electron chi connectivity index (χ1n) is 5.03. The van der Waals surface area contributed by atoms with Crippen molar-refractivity contribution in [1.82, 2.24) is 0 Å². The first-order chi connectivity index (χ1) is 8.49. The predicted octanol–water partition coefficient (Wildman–Crippen LogP) is 5.97. The van der Waals surface area contributed by atoms with E-state index >= 15 is 0 Å². The van der Waals surface area contributed by atoms with Gasteiger partial charge in [0.05, 0.1) is 9.30 Å². The van der Waals surface area contributed by atoms with E-state index in [1.165, 1.54) is 12.1 Å². The summed E-state index contributed by atoms with van der Waals surface area (Å²) in [6.07, 6.45) is 0. The van der Waals surface area contributed by atoms with Gasteiger partial charge < -0.3 is 0 Å². The van der Waals surface area contributed by atoms with E-state index in [9.17, 15) is 8.78 Å². The molecule has 94 valence electrons. The quantitative estimate of drug-likeness (QED) is 0.504. The molecule has 0 nitrogen and oxygen atoms in total. The van der Waals surface area contributed by atoms with E-state index in [1.807, 2.05) is 0 Å².